The van der Waals surface area contributed by atoms with Crippen molar-refractivity contribution in [1.29, 1.82) is 0 Å². The number of amides is 2. The van der Waals surface area contributed by atoms with Gasteiger partial charge in [-0.3, -0.25) is 9.59 Å². The molecule has 0 aliphatic rings. The number of carbonyl (C=O) groups is 2. The summed E-state index contributed by atoms with van der Waals surface area (Å²) in [6.07, 6.45) is 0. The minimum Gasteiger partial charge on any atom is -0.493 e. The monoisotopic (exact) mass is 489 g/mol. The summed E-state index contributed by atoms with van der Waals surface area (Å²) in [6, 6.07) is 14.4. The van der Waals surface area contributed by atoms with Gasteiger partial charge in [-0.15, -0.1) is 11.3 Å². The number of hydrogen-bond acceptors (Lipinski definition) is 6. The van der Waals surface area contributed by atoms with E-state index in [1.54, 1.807) is 36.8 Å². The fourth-order valence-electron chi connectivity index (χ4n) is 2.50. The smallest absolute Gasteiger partial charge is 0.270 e. The van der Waals surface area contributed by atoms with Crippen LogP contribution in [0, 0.1) is 0 Å². The number of ether oxygens (including phenoxy) is 2. The van der Waals surface area contributed by atoms with Gasteiger partial charge in [0.15, 0.2) is 11.5 Å². The summed E-state index contributed by atoms with van der Waals surface area (Å²) >= 11 is 4.67. The fraction of sp³-hybridized carbons (Fsp3) is 0.190. The quantitative estimate of drug-likeness (QED) is 0.447. The van der Waals surface area contributed by atoms with Gasteiger partial charge in [-0.2, -0.15) is 0 Å². The SMILES string of the molecule is COc1ccccc1OCc1nc(C(=O)NCCNC(=O)c2ccc(Br)cc2)cs1. The van der Waals surface area contributed by atoms with Crippen LogP contribution in [0.1, 0.15) is 25.9 Å². The molecule has 2 aromatic carbocycles. The Balaban J connectivity index is 1.42. The van der Waals surface area contributed by atoms with Gasteiger partial charge < -0.3 is 20.1 Å². The second-order valence-corrected chi connectivity index (χ2v) is 7.94. The van der Waals surface area contributed by atoms with Crippen LogP contribution in [0.15, 0.2) is 58.4 Å². The highest BCUT2D eigenvalue weighted by atomic mass is 79.9. The average molecular weight is 490 g/mol. The number of nitrogens with one attached hydrogen (secondary N) is 2. The largest absolute Gasteiger partial charge is 0.493 e. The van der Waals surface area contributed by atoms with Crippen molar-refractivity contribution in [3.63, 3.8) is 0 Å². The Morgan fingerprint density at radius 2 is 1.67 bits per heavy atom. The van der Waals surface area contributed by atoms with Crippen molar-refractivity contribution >= 4 is 39.1 Å². The van der Waals surface area contributed by atoms with Gasteiger partial charge in [0, 0.05) is 28.5 Å². The van der Waals surface area contributed by atoms with Crippen molar-refractivity contribution in [2.24, 2.45) is 0 Å². The molecule has 2 N–H and O–H groups in total. The molecule has 0 fully saturated rings. The molecule has 0 saturated carbocycles. The van der Waals surface area contributed by atoms with Gasteiger partial charge >= 0.3 is 0 Å². The number of methoxy groups -OCH3 is 1. The number of nitrogens with zero attached hydrogens (tertiary/aromatic N) is 1. The van der Waals surface area contributed by atoms with Gasteiger partial charge in [0.2, 0.25) is 0 Å². The van der Waals surface area contributed by atoms with E-state index in [1.165, 1.54) is 11.3 Å². The van der Waals surface area contributed by atoms with Crippen LogP contribution in [0.2, 0.25) is 0 Å². The zero-order chi connectivity index (χ0) is 21.3. The van der Waals surface area contributed by atoms with E-state index < -0.39 is 0 Å². The lowest BCUT2D eigenvalue weighted by Gasteiger charge is -2.08. The lowest BCUT2D eigenvalue weighted by molar-refractivity contribution is 0.0925. The number of rotatable bonds is 9. The topological polar surface area (TPSA) is 89.6 Å². The van der Waals surface area contributed by atoms with E-state index in [-0.39, 0.29) is 18.4 Å². The molecule has 9 heteroatoms. The standard InChI is InChI=1S/C21H20BrN3O4S/c1-28-17-4-2-3-5-18(17)29-12-19-25-16(13-30-19)21(27)24-11-10-23-20(26)14-6-8-15(22)9-7-14/h2-9,13H,10-12H2,1H3,(H,23,26)(H,24,27). The maximum atomic E-state index is 12.2. The molecule has 156 valence electrons. The van der Waals surface area contributed by atoms with Crippen LogP contribution in [0.4, 0.5) is 0 Å². The van der Waals surface area contributed by atoms with Crippen LogP contribution < -0.4 is 20.1 Å². The summed E-state index contributed by atoms with van der Waals surface area (Å²) in [5.74, 6) is 0.758. The molecule has 3 rings (SSSR count). The molecular weight excluding hydrogens is 470 g/mol. The van der Waals surface area contributed by atoms with Crippen molar-refractivity contribution in [3.8, 4) is 11.5 Å². The first kappa shape index (κ1) is 21.8. The third kappa shape index (κ3) is 6.04. The third-order valence-electron chi connectivity index (χ3n) is 4.01. The van der Waals surface area contributed by atoms with E-state index in [9.17, 15) is 9.59 Å². The van der Waals surface area contributed by atoms with Crippen LogP contribution in [-0.2, 0) is 6.61 Å². The number of aromatic nitrogens is 1. The first-order chi connectivity index (χ1) is 14.6. The molecule has 7 nitrogen and oxygen atoms in total. The summed E-state index contributed by atoms with van der Waals surface area (Å²) < 4.78 is 11.9. The molecule has 0 atom stereocenters. The summed E-state index contributed by atoms with van der Waals surface area (Å²) in [5.41, 5.74) is 0.876. The predicted octanol–water partition coefficient (Wildman–Crippen LogP) is 3.65. The van der Waals surface area contributed by atoms with Gasteiger partial charge in [0.25, 0.3) is 11.8 Å². The van der Waals surface area contributed by atoms with Crippen LogP contribution >= 0.6 is 27.3 Å². The predicted molar refractivity (Wildman–Crippen MR) is 118 cm³/mol. The van der Waals surface area contributed by atoms with Gasteiger partial charge in [0.1, 0.15) is 17.3 Å². The summed E-state index contributed by atoms with van der Waals surface area (Å²) in [5, 5.41) is 7.86. The van der Waals surface area contributed by atoms with Crippen LogP contribution in [0.5, 0.6) is 11.5 Å². The van der Waals surface area contributed by atoms with Crippen molar-refractivity contribution in [2.45, 2.75) is 6.61 Å². The Hall–Kier alpha value is -2.91. The number of para-hydroxylation sites is 2. The molecule has 0 saturated heterocycles. The molecule has 0 aliphatic heterocycles. The third-order valence-corrected chi connectivity index (χ3v) is 5.36. The molecule has 3 aromatic rings. The molecule has 1 aromatic heterocycles. The van der Waals surface area contributed by atoms with Gasteiger partial charge in [-0.05, 0) is 36.4 Å². The number of benzene rings is 2. The Morgan fingerprint density at radius 1 is 1.00 bits per heavy atom. The van der Waals surface area contributed by atoms with Gasteiger partial charge in [-0.1, -0.05) is 28.1 Å². The maximum Gasteiger partial charge on any atom is 0.270 e. The Kier molecular flexibility index (Phi) is 7.81. The molecule has 30 heavy (non-hydrogen) atoms. The molecule has 0 spiro atoms. The van der Waals surface area contributed by atoms with Crippen molar-refractivity contribution in [1.82, 2.24) is 15.6 Å². The molecule has 0 radical (unpaired) electrons. The Morgan fingerprint density at radius 3 is 2.37 bits per heavy atom. The van der Waals surface area contributed by atoms with Crippen molar-refractivity contribution in [2.75, 3.05) is 20.2 Å². The fourth-order valence-corrected chi connectivity index (χ4v) is 3.45. The highest BCUT2D eigenvalue weighted by Crippen LogP contribution is 2.27. The summed E-state index contributed by atoms with van der Waals surface area (Å²) in [4.78, 5) is 28.6. The number of halogens is 1. The minimum atomic E-state index is -0.298. The minimum absolute atomic E-state index is 0.193. The Bertz CT molecular complexity index is 1010. The van der Waals surface area contributed by atoms with Crippen molar-refractivity contribution in [3.05, 3.63) is 74.6 Å². The average Bonchev–Trinajstić information content (AvgIpc) is 3.25. The molecule has 2 amide bonds. The zero-order valence-electron chi connectivity index (χ0n) is 16.2. The highest BCUT2D eigenvalue weighted by Gasteiger charge is 2.12. The number of thiazole rings is 1. The van der Waals surface area contributed by atoms with E-state index in [1.807, 2.05) is 24.3 Å². The second kappa shape index (κ2) is 10.7. The van der Waals surface area contributed by atoms with E-state index in [0.29, 0.717) is 40.9 Å². The number of carbonyl (C=O) groups excluding carboxylic acids is 2. The zero-order valence-corrected chi connectivity index (χ0v) is 18.6. The molecule has 0 bridgehead atoms. The first-order valence-electron chi connectivity index (χ1n) is 9.09. The lowest BCUT2D eigenvalue weighted by Crippen LogP contribution is -2.34. The molecular formula is C21H20BrN3O4S. The summed E-state index contributed by atoms with van der Waals surface area (Å²) in [6.45, 7) is 0.849. The Labute approximate surface area is 186 Å². The second-order valence-electron chi connectivity index (χ2n) is 6.08. The van der Waals surface area contributed by atoms with Crippen molar-refractivity contribution < 1.29 is 19.1 Å². The maximum absolute atomic E-state index is 12.2. The van der Waals surface area contributed by atoms with Crippen LogP contribution in [0.3, 0.4) is 0 Å². The van der Waals surface area contributed by atoms with E-state index in [2.05, 4.69) is 31.5 Å². The van der Waals surface area contributed by atoms with E-state index in [0.717, 1.165) is 4.47 Å². The van der Waals surface area contributed by atoms with Crippen LogP contribution in [0.25, 0.3) is 0 Å². The normalized spacial score (nSPS) is 10.3. The van der Waals surface area contributed by atoms with E-state index >= 15 is 0 Å². The van der Waals surface area contributed by atoms with Crippen LogP contribution in [-0.4, -0.2) is 37.0 Å². The highest BCUT2D eigenvalue weighted by molar-refractivity contribution is 9.10. The number of hydrogen-bond donors (Lipinski definition) is 2. The molecule has 0 unspecified atom stereocenters. The van der Waals surface area contributed by atoms with Gasteiger partial charge in [0.05, 0.1) is 7.11 Å². The first-order valence-corrected chi connectivity index (χ1v) is 10.8. The molecule has 0 aliphatic carbocycles. The van der Waals surface area contributed by atoms with E-state index in [4.69, 9.17) is 9.47 Å². The van der Waals surface area contributed by atoms with Gasteiger partial charge in [-0.25, -0.2) is 4.98 Å². The lowest BCUT2D eigenvalue weighted by atomic mass is 10.2. The summed E-state index contributed by atoms with van der Waals surface area (Å²) in [7, 11) is 1.58. The molecule has 1 heterocycles.